The van der Waals surface area contributed by atoms with E-state index in [9.17, 15) is 21.6 Å². The van der Waals surface area contributed by atoms with E-state index in [0.717, 1.165) is 4.31 Å². The van der Waals surface area contributed by atoms with E-state index in [1.165, 1.54) is 55.8 Å². The molecule has 2 aromatic carbocycles. The van der Waals surface area contributed by atoms with E-state index in [4.69, 9.17) is 9.47 Å². The number of hydrogen-bond donors (Lipinski definition) is 1. The van der Waals surface area contributed by atoms with E-state index in [2.05, 4.69) is 5.32 Å². The second-order valence-electron chi connectivity index (χ2n) is 7.12. The Bertz CT molecular complexity index is 1210. The Morgan fingerprint density at radius 2 is 1.72 bits per heavy atom. The average molecular weight is 484 g/mol. The molecule has 174 valence electrons. The molecule has 1 aliphatic heterocycles. The molecule has 0 radical (unpaired) electrons. The Labute approximate surface area is 187 Å². The van der Waals surface area contributed by atoms with Crippen molar-refractivity contribution in [3.8, 4) is 5.75 Å². The molecule has 0 aliphatic carbocycles. The molecule has 1 N–H and O–H groups in total. The van der Waals surface area contributed by atoms with Gasteiger partial charge in [-0.3, -0.25) is 4.79 Å². The molecule has 10 nitrogen and oxygen atoms in total. The van der Waals surface area contributed by atoms with Crippen molar-refractivity contribution in [1.29, 1.82) is 0 Å². The summed E-state index contributed by atoms with van der Waals surface area (Å²) in [5.41, 5.74) is 0.0218. The van der Waals surface area contributed by atoms with Crippen molar-refractivity contribution in [3.05, 3.63) is 48.0 Å². The molecule has 1 amide bonds. The molecule has 12 heteroatoms. The molecule has 2 aromatic rings. The SMILES string of the molecule is COc1ccc(S(=O)(=O)N2CCOCC2)cc1C(=O)Nc1ccccc1S(=O)(=O)N(C)C. The molecular formula is C20H25N3O7S2. The van der Waals surface area contributed by atoms with Crippen molar-refractivity contribution in [2.75, 3.05) is 52.8 Å². The van der Waals surface area contributed by atoms with Crippen LogP contribution in [-0.4, -0.2) is 78.9 Å². The van der Waals surface area contributed by atoms with Gasteiger partial charge < -0.3 is 14.8 Å². The zero-order valence-electron chi connectivity index (χ0n) is 17.9. The van der Waals surface area contributed by atoms with Gasteiger partial charge >= 0.3 is 0 Å². The molecule has 0 unspecified atom stereocenters. The van der Waals surface area contributed by atoms with Gasteiger partial charge in [0.25, 0.3) is 5.91 Å². The second kappa shape index (κ2) is 9.55. The van der Waals surface area contributed by atoms with Gasteiger partial charge in [-0.2, -0.15) is 4.31 Å². The van der Waals surface area contributed by atoms with Crippen molar-refractivity contribution in [3.63, 3.8) is 0 Å². The molecule has 1 saturated heterocycles. The maximum absolute atomic E-state index is 13.1. The molecule has 1 heterocycles. The summed E-state index contributed by atoms with van der Waals surface area (Å²) in [6, 6.07) is 9.94. The van der Waals surface area contributed by atoms with Crippen LogP contribution in [0.1, 0.15) is 10.4 Å². The number of nitrogens with one attached hydrogen (secondary N) is 1. The molecular weight excluding hydrogens is 458 g/mol. The van der Waals surface area contributed by atoms with Crippen LogP contribution in [0.25, 0.3) is 0 Å². The predicted octanol–water partition coefficient (Wildman–Crippen LogP) is 1.22. The minimum absolute atomic E-state index is 0.0427. The summed E-state index contributed by atoms with van der Waals surface area (Å²) in [6.07, 6.45) is 0. The number of para-hydroxylation sites is 1. The van der Waals surface area contributed by atoms with Crippen molar-refractivity contribution in [2.45, 2.75) is 9.79 Å². The molecule has 1 fully saturated rings. The van der Waals surface area contributed by atoms with Gasteiger partial charge in [-0.25, -0.2) is 21.1 Å². The van der Waals surface area contributed by atoms with Crippen LogP contribution in [-0.2, 0) is 24.8 Å². The van der Waals surface area contributed by atoms with Crippen LogP contribution >= 0.6 is 0 Å². The number of sulfonamides is 2. The Hall–Kier alpha value is -2.51. The first-order valence-corrected chi connectivity index (χ1v) is 12.6. The number of benzene rings is 2. The highest BCUT2D eigenvalue weighted by Crippen LogP contribution is 2.28. The minimum atomic E-state index is -3.84. The minimum Gasteiger partial charge on any atom is -0.496 e. The van der Waals surface area contributed by atoms with Crippen LogP contribution in [0.15, 0.2) is 52.3 Å². The molecule has 0 atom stereocenters. The highest BCUT2D eigenvalue weighted by Gasteiger charge is 2.29. The number of methoxy groups -OCH3 is 1. The lowest BCUT2D eigenvalue weighted by atomic mass is 10.2. The number of carbonyl (C=O) groups excluding carboxylic acids is 1. The molecule has 0 bridgehead atoms. The van der Waals surface area contributed by atoms with E-state index in [-0.39, 0.29) is 39.9 Å². The lowest BCUT2D eigenvalue weighted by Gasteiger charge is -2.26. The van der Waals surface area contributed by atoms with Gasteiger partial charge in [-0.1, -0.05) is 12.1 Å². The largest absolute Gasteiger partial charge is 0.496 e. The third-order valence-corrected chi connectivity index (χ3v) is 8.69. The Morgan fingerprint density at radius 3 is 2.34 bits per heavy atom. The first-order valence-electron chi connectivity index (χ1n) is 9.68. The van der Waals surface area contributed by atoms with Crippen molar-refractivity contribution >= 4 is 31.6 Å². The van der Waals surface area contributed by atoms with Crippen molar-refractivity contribution in [1.82, 2.24) is 8.61 Å². The lowest BCUT2D eigenvalue weighted by Crippen LogP contribution is -2.40. The number of carbonyl (C=O) groups is 1. The van der Waals surface area contributed by atoms with E-state index < -0.39 is 26.0 Å². The zero-order chi connectivity index (χ0) is 23.5. The third kappa shape index (κ3) is 4.79. The molecule has 1 aliphatic rings. The van der Waals surface area contributed by atoms with E-state index in [1.807, 2.05) is 0 Å². The standard InChI is InChI=1S/C20H25N3O7S2/c1-22(2)32(27,28)19-7-5-4-6-17(19)21-20(24)16-14-15(8-9-18(16)29-3)31(25,26)23-10-12-30-13-11-23/h4-9,14H,10-13H2,1-3H3,(H,21,24). The van der Waals surface area contributed by atoms with Gasteiger partial charge in [0.05, 0.1) is 36.5 Å². The number of rotatable bonds is 7. The van der Waals surface area contributed by atoms with Crippen molar-refractivity contribution in [2.24, 2.45) is 0 Å². The Morgan fingerprint density at radius 1 is 1.06 bits per heavy atom. The smallest absolute Gasteiger partial charge is 0.259 e. The van der Waals surface area contributed by atoms with Crippen LogP contribution in [0.3, 0.4) is 0 Å². The first kappa shape index (κ1) is 24.1. The monoisotopic (exact) mass is 483 g/mol. The van der Waals surface area contributed by atoms with Crippen LogP contribution in [0, 0.1) is 0 Å². The molecule has 0 saturated carbocycles. The zero-order valence-corrected chi connectivity index (χ0v) is 19.6. The van der Waals surface area contributed by atoms with E-state index in [1.54, 1.807) is 12.1 Å². The number of ether oxygens (including phenoxy) is 2. The molecule has 32 heavy (non-hydrogen) atoms. The van der Waals surface area contributed by atoms with Crippen LogP contribution in [0.5, 0.6) is 5.75 Å². The number of amides is 1. The summed E-state index contributed by atoms with van der Waals surface area (Å²) in [6.45, 7) is 1.01. The fraction of sp³-hybridized carbons (Fsp3) is 0.350. The summed E-state index contributed by atoms with van der Waals surface area (Å²) >= 11 is 0. The topological polar surface area (TPSA) is 122 Å². The van der Waals surface area contributed by atoms with Crippen molar-refractivity contribution < 1.29 is 31.1 Å². The van der Waals surface area contributed by atoms with E-state index in [0.29, 0.717) is 13.2 Å². The highest BCUT2D eigenvalue weighted by molar-refractivity contribution is 7.89. The number of hydrogen-bond acceptors (Lipinski definition) is 7. The van der Waals surface area contributed by atoms with Gasteiger partial charge in [-0.15, -0.1) is 0 Å². The highest BCUT2D eigenvalue weighted by atomic mass is 32.2. The number of nitrogens with zero attached hydrogens (tertiary/aromatic N) is 2. The summed E-state index contributed by atoms with van der Waals surface area (Å²) in [4.78, 5) is 12.9. The van der Waals surface area contributed by atoms with Gasteiger partial charge in [0.1, 0.15) is 10.6 Å². The van der Waals surface area contributed by atoms with Crippen LogP contribution in [0.4, 0.5) is 5.69 Å². The number of anilines is 1. The van der Waals surface area contributed by atoms with Crippen LogP contribution in [0.2, 0.25) is 0 Å². The van der Waals surface area contributed by atoms with Gasteiger partial charge in [-0.05, 0) is 30.3 Å². The molecule has 0 spiro atoms. The van der Waals surface area contributed by atoms with E-state index >= 15 is 0 Å². The fourth-order valence-electron chi connectivity index (χ4n) is 3.14. The summed E-state index contributed by atoms with van der Waals surface area (Å²) in [5, 5.41) is 2.57. The summed E-state index contributed by atoms with van der Waals surface area (Å²) in [5.74, 6) is -0.557. The number of morpholine rings is 1. The average Bonchev–Trinajstić information content (AvgIpc) is 2.79. The first-order chi connectivity index (χ1) is 15.1. The summed E-state index contributed by atoms with van der Waals surface area (Å²) in [7, 11) is -3.54. The molecule has 3 rings (SSSR count). The normalized spacial score (nSPS) is 15.5. The third-order valence-electron chi connectivity index (χ3n) is 4.92. The van der Waals surface area contributed by atoms with Gasteiger partial charge in [0, 0.05) is 27.2 Å². The maximum Gasteiger partial charge on any atom is 0.259 e. The fourth-order valence-corrected chi connectivity index (χ4v) is 5.62. The second-order valence-corrected chi connectivity index (χ2v) is 11.2. The lowest BCUT2D eigenvalue weighted by molar-refractivity contribution is 0.0730. The Kier molecular flexibility index (Phi) is 7.20. The van der Waals surface area contributed by atoms with Gasteiger partial charge in [0.15, 0.2) is 0 Å². The predicted molar refractivity (Wildman–Crippen MR) is 118 cm³/mol. The molecule has 0 aromatic heterocycles. The van der Waals surface area contributed by atoms with Gasteiger partial charge in [0.2, 0.25) is 20.0 Å². The Balaban J connectivity index is 1.98. The summed E-state index contributed by atoms with van der Waals surface area (Å²) < 4.78 is 64.0. The maximum atomic E-state index is 13.1. The van der Waals surface area contributed by atoms with Crippen LogP contribution < -0.4 is 10.1 Å². The quantitative estimate of drug-likeness (QED) is 0.628.